The van der Waals surface area contributed by atoms with E-state index >= 15 is 0 Å². The molecule has 2 fully saturated rings. The van der Waals surface area contributed by atoms with E-state index in [1.54, 1.807) is 6.92 Å². The lowest BCUT2D eigenvalue weighted by molar-refractivity contribution is -0.152. The Morgan fingerprint density at radius 2 is 2.13 bits per heavy atom. The first kappa shape index (κ1) is 15.8. The molecule has 1 aromatic carbocycles. The van der Waals surface area contributed by atoms with Gasteiger partial charge in [-0.15, -0.1) is 0 Å². The second-order valence-corrected chi connectivity index (χ2v) is 6.71. The van der Waals surface area contributed by atoms with Crippen LogP contribution in [0, 0.1) is 18.8 Å². The number of likely N-dealkylation sites (tertiary alicyclic amines) is 1. The van der Waals surface area contributed by atoms with E-state index in [1.165, 1.54) is 4.90 Å². The summed E-state index contributed by atoms with van der Waals surface area (Å²) in [5, 5.41) is 9.55. The van der Waals surface area contributed by atoms with Crippen molar-refractivity contribution in [2.24, 2.45) is 11.8 Å². The van der Waals surface area contributed by atoms with Crippen LogP contribution in [0.4, 0.5) is 0 Å². The molecule has 1 aliphatic carbocycles. The van der Waals surface area contributed by atoms with E-state index in [1.807, 2.05) is 31.2 Å². The van der Waals surface area contributed by atoms with Crippen LogP contribution in [0.2, 0.25) is 0 Å². The highest BCUT2D eigenvalue weighted by molar-refractivity contribution is 5.87. The van der Waals surface area contributed by atoms with Crippen molar-refractivity contribution in [2.45, 2.75) is 45.3 Å². The molecule has 2 aliphatic rings. The van der Waals surface area contributed by atoms with Crippen molar-refractivity contribution < 1.29 is 19.4 Å². The Labute approximate surface area is 136 Å². The van der Waals surface area contributed by atoms with Crippen molar-refractivity contribution in [3.05, 3.63) is 29.8 Å². The first-order valence-electron chi connectivity index (χ1n) is 8.24. The minimum Gasteiger partial charge on any atom is -0.481 e. The van der Waals surface area contributed by atoms with Gasteiger partial charge >= 0.3 is 5.97 Å². The van der Waals surface area contributed by atoms with Gasteiger partial charge in [-0.3, -0.25) is 4.79 Å². The second-order valence-electron chi connectivity index (χ2n) is 6.71. The molecule has 1 amide bonds. The lowest BCUT2D eigenvalue weighted by atomic mass is 9.94. The SMILES string of the molecule is Cc1cccc(OC(C)C(=O)N2CC3CCCC3C2C(=O)O)c1. The Morgan fingerprint density at radius 1 is 1.35 bits per heavy atom. The molecule has 5 heteroatoms. The van der Waals surface area contributed by atoms with E-state index in [-0.39, 0.29) is 11.8 Å². The fourth-order valence-corrected chi connectivity index (χ4v) is 4.03. The van der Waals surface area contributed by atoms with Gasteiger partial charge in [0.2, 0.25) is 0 Å². The summed E-state index contributed by atoms with van der Waals surface area (Å²) in [4.78, 5) is 25.9. The highest BCUT2D eigenvalue weighted by Gasteiger charge is 2.50. The van der Waals surface area contributed by atoms with Crippen molar-refractivity contribution in [1.29, 1.82) is 0 Å². The number of benzene rings is 1. The third-order valence-electron chi connectivity index (χ3n) is 5.08. The van der Waals surface area contributed by atoms with Gasteiger partial charge in [0.15, 0.2) is 6.10 Å². The average Bonchev–Trinajstić information content (AvgIpc) is 3.06. The largest absolute Gasteiger partial charge is 0.481 e. The number of carboxylic acid groups (broad SMARTS) is 1. The van der Waals surface area contributed by atoms with Crippen LogP contribution in [0.1, 0.15) is 31.7 Å². The number of hydrogen-bond donors (Lipinski definition) is 1. The molecule has 1 aliphatic heterocycles. The van der Waals surface area contributed by atoms with Crippen LogP contribution in [-0.2, 0) is 9.59 Å². The van der Waals surface area contributed by atoms with Gasteiger partial charge < -0.3 is 14.7 Å². The lowest BCUT2D eigenvalue weighted by Crippen LogP contribution is -2.48. The van der Waals surface area contributed by atoms with E-state index in [0.29, 0.717) is 18.2 Å². The van der Waals surface area contributed by atoms with Crippen molar-refractivity contribution in [3.63, 3.8) is 0 Å². The fraction of sp³-hybridized carbons (Fsp3) is 0.556. The standard InChI is InChI=1S/C18H23NO4/c1-11-5-3-7-14(9-11)23-12(2)17(20)19-10-13-6-4-8-15(13)16(19)18(21)22/h3,5,7,9,12-13,15-16H,4,6,8,10H2,1-2H3,(H,21,22). The van der Waals surface area contributed by atoms with Crippen molar-refractivity contribution in [1.82, 2.24) is 4.90 Å². The van der Waals surface area contributed by atoms with Crippen LogP contribution in [0.5, 0.6) is 5.75 Å². The van der Waals surface area contributed by atoms with Crippen molar-refractivity contribution in [3.8, 4) is 5.75 Å². The van der Waals surface area contributed by atoms with E-state index in [9.17, 15) is 14.7 Å². The van der Waals surface area contributed by atoms with Gasteiger partial charge in [0.05, 0.1) is 0 Å². The number of carbonyl (C=O) groups excluding carboxylic acids is 1. The fourth-order valence-electron chi connectivity index (χ4n) is 4.03. The maximum absolute atomic E-state index is 12.7. The summed E-state index contributed by atoms with van der Waals surface area (Å²) in [7, 11) is 0. The lowest BCUT2D eigenvalue weighted by Gasteiger charge is -2.27. The van der Waals surface area contributed by atoms with E-state index < -0.39 is 18.1 Å². The molecule has 0 bridgehead atoms. The Hall–Kier alpha value is -2.04. The zero-order chi connectivity index (χ0) is 16.6. The molecule has 4 unspecified atom stereocenters. The number of hydrogen-bond acceptors (Lipinski definition) is 3. The van der Waals surface area contributed by atoms with Gasteiger partial charge in [-0.05, 0) is 56.2 Å². The molecule has 1 saturated heterocycles. The number of aryl methyl sites for hydroxylation is 1. The summed E-state index contributed by atoms with van der Waals surface area (Å²) >= 11 is 0. The van der Waals surface area contributed by atoms with Gasteiger partial charge in [0, 0.05) is 6.54 Å². The van der Waals surface area contributed by atoms with Crippen LogP contribution in [-0.4, -0.2) is 40.6 Å². The highest BCUT2D eigenvalue weighted by atomic mass is 16.5. The molecule has 1 aromatic rings. The number of ether oxygens (including phenoxy) is 1. The van der Waals surface area contributed by atoms with Gasteiger partial charge in [-0.25, -0.2) is 4.79 Å². The summed E-state index contributed by atoms with van der Waals surface area (Å²) in [5.74, 6) is -0.0604. The number of carbonyl (C=O) groups is 2. The van der Waals surface area contributed by atoms with Crippen LogP contribution in [0.25, 0.3) is 0 Å². The molecule has 1 saturated carbocycles. The minimum absolute atomic E-state index is 0.0996. The predicted octanol–water partition coefficient (Wildman–Crippen LogP) is 2.47. The molecule has 3 rings (SSSR count). The smallest absolute Gasteiger partial charge is 0.326 e. The van der Waals surface area contributed by atoms with Crippen molar-refractivity contribution >= 4 is 11.9 Å². The van der Waals surface area contributed by atoms with Crippen LogP contribution in [0.15, 0.2) is 24.3 Å². The molecule has 23 heavy (non-hydrogen) atoms. The van der Waals surface area contributed by atoms with E-state index in [0.717, 1.165) is 24.8 Å². The molecular formula is C18H23NO4. The first-order valence-corrected chi connectivity index (χ1v) is 8.24. The summed E-state index contributed by atoms with van der Waals surface area (Å²) in [6.45, 7) is 4.20. The molecule has 4 atom stereocenters. The number of amides is 1. The Balaban J connectivity index is 1.72. The molecule has 1 heterocycles. The maximum Gasteiger partial charge on any atom is 0.326 e. The van der Waals surface area contributed by atoms with Gasteiger partial charge in [-0.1, -0.05) is 18.6 Å². The highest BCUT2D eigenvalue weighted by Crippen LogP contribution is 2.42. The number of rotatable bonds is 4. The van der Waals surface area contributed by atoms with Crippen LogP contribution < -0.4 is 4.74 Å². The number of aliphatic carboxylic acids is 1. The number of nitrogens with zero attached hydrogens (tertiary/aromatic N) is 1. The molecule has 0 spiro atoms. The Morgan fingerprint density at radius 3 is 2.83 bits per heavy atom. The summed E-state index contributed by atoms with van der Waals surface area (Å²) in [6.07, 6.45) is 2.30. The number of carboxylic acids is 1. The quantitative estimate of drug-likeness (QED) is 0.926. The molecule has 0 radical (unpaired) electrons. The van der Waals surface area contributed by atoms with Crippen LogP contribution >= 0.6 is 0 Å². The summed E-state index contributed by atoms with van der Waals surface area (Å²) < 4.78 is 5.74. The zero-order valence-electron chi connectivity index (χ0n) is 13.6. The van der Waals surface area contributed by atoms with Crippen molar-refractivity contribution in [2.75, 3.05) is 6.54 Å². The topological polar surface area (TPSA) is 66.8 Å². The monoisotopic (exact) mass is 317 g/mol. The maximum atomic E-state index is 12.7. The normalized spacial score (nSPS) is 27.6. The molecule has 0 aromatic heterocycles. The minimum atomic E-state index is -0.893. The van der Waals surface area contributed by atoms with Gasteiger partial charge in [0.25, 0.3) is 5.91 Å². The Bertz CT molecular complexity index is 615. The number of fused-ring (bicyclic) bond motifs is 1. The molecule has 1 N–H and O–H groups in total. The van der Waals surface area contributed by atoms with Gasteiger partial charge in [0.1, 0.15) is 11.8 Å². The van der Waals surface area contributed by atoms with Gasteiger partial charge in [-0.2, -0.15) is 0 Å². The summed E-state index contributed by atoms with van der Waals surface area (Å²) in [5.41, 5.74) is 1.06. The molecule has 124 valence electrons. The average molecular weight is 317 g/mol. The zero-order valence-corrected chi connectivity index (χ0v) is 13.6. The second kappa shape index (κ2) is 6.22. The predicted molar refractivity (Wildman–Crippen MR) is 85.2 cm³/mol. The van der Waals surface area contributed by atoms with Crippen LogP contribution in [0.3, 0.4) is 0 Å². The molecular weight excluding hydrogens is 294 g/mol. The Kier molecular flexibility index (Phi) is 4.28. The summed E-state index contributed by atoms with van der Waals surface area (Å²) in [6, 6.07) is 6.82. The van der Waals surface area contributed by atoms with E-state index in [2.05, 4.69) is 0 Å². The van der Waals surface area contributed by atoms with E-state index in [4.69, 9.17) is 4.74 Å². The third kappa shape index (κ3) is 3.05. The third-order valence-corrected chi connectivity index (χ3v) is 5.08. The molecule has 5 nitrogen and oxygen atoms in total. The first-order chi connectivity index (χ1) is 11.0.